The van der Waals surface area contributed by atoms with E-state index in [0.29, 0.717) is 11.6 Å². The first-order valence-electron chi connectivity index (χ1n) is 4.78. The van der Waals surface area contributed by atoms with Crippen molar-refractivity contribution in [2.24, 2.45) is 0 Å². The number of aromatic carboxylic acids is 1. The van der Waals surface area contributed by atoms with Gasteiger partial charge in [-0.15, -0.1) is 0 Å². The van der Waals surface area contributed by atoms with Crippen molar-refractivity contribution in [1.82, 2.24) is 4.98 Å². The van der Waals surface area contributed by atoms with Gasteiger partial charge >= 0.3 is 5.97 Å². The summed E-state index contributed by atoms with van der Waals surface area (Å²) in [5.74, 6) is 0.0950. The van der Waals surface area contributed by atoms with Gasteiger partial charge in [0.25, 0.3) is 0 Å². The van der Waals surface area contributed by atoms with Crippen molar-refractivity contribution in [1.29, 1.82) is 0 Å². The second-order valence-electron chi connectivity index (χ2n) is 3.44. The normalized spacial score (nSPS) is 14.7. The summed E-state index contributed by atoms with van der Waals surface area (Å²) in [6.07, 6.45) is 3.59. The Hall–Kier alpha value is -1.78. The van der Waals surface area contributed by atoms with Gasteiger partial charge in [0, 0.05) is 19.3 Å². The van der Waals surface area contributed by atoms with Crippen LogP contribution >= 0.6 is 0 Å². The van der Waals surface area contributed by atoms with Crippen molar-refractivity contribution < 1.29 is 14.6 Å². The number of pyridine rings is 1. The largest absolute Gasteiger partial charge is 0.487 e. The highest BCUT2D eigenvalue weighted by Gasteiger charge is 2.25. The standard InChI is InChI=1S/C10H12N2O3/c1-11-9-8(15-7-2-3-7)4-6(5-12-9)10(13)14/h4-5,7H,2-3H2,1H3,(H,11,12)(H,13,14). The van der Waals surface area contributed by atoms with Gasteiger partial charge in [0.2, 0.25) is 0 Å². The van der Waals surface area contributed by atoms with E-state index < -0.39 is 5.97 Å². The molecule has 1 aliphatic carbocycles. The third kappa shape index (κ3) is 2.18. The summed E-state index contributed by atoms with van der Waals surface area (Å²) < 4.78 is 5.55. The average Bonchev–Trinajstić information content (AvgIpc) is 3.01. The van der Waals surface area contributed by atoms with Crippen LogP contribution in [0, 0.1) is 0 Å². The predicted octanol–water partition coefficient (Wildman–Crippen LogP) is 1.36. The summed E-state index contributed by atoms with van der Waals surface area (Å²) in [4.78, 5) is 14.7. The number of anilines is 1. The van der Waals surface area contributed by atoms with Crippen LogP contribution < -0.4 is 10.1 Å². The maximum absolute atomic E-state index is 10.7. The van der Waals surface area contributed by atoms with E-state index in [1.54, 1.807) is 7.05 Å². The van der Waals surface area contributed by atoms with Crippen LogP contribution in [-0.4, -0.2) is 29.2 Å². The molecule has 15 heavy (non-hydrogen) atoms. The molecule has 0 aliphatic heterocycles. The van der Waals surface area contributed by atoms with Gasteiger partial charge in [-0.3, -0.25) is 0 Å². The van der Waals surface area contributed by atoms with Crippen LogP contribution in [0.15, 0.2) is 12.3 Å². The molecule has 2 N–H and O–H groups in total. The Labute approximate surface area is 87.1 Å². The van der Waals surface area contributed by atoms with Gasteiger partial charge in [0.15, 0.2) is 11.6 Å². The molecule has 0 radical (unpaired) electrons. The van der Waals surface area contributed by atoms with Gasteiger partial charge in [-0.05, 0) is 12.8 Å². The molecular weight excluding hydrogens is 196 g/mol. The smallest absolute Gasteiger partial charge is 0.337 e. The Kier molecular flexibility index (Phi) is 2.45. The highest BCUT2D eigenvalue weighted by Crippen LogP contribution is 2.31. The Morgan fingerprint density at radius 1 is 1.67 bits per heavy atom. The van der Waals surface area contributed by atoms with E-state index in [9.17, 15) is 4.79 Å². The topological polar surface area (TPSA) is 71.5 Å². The maximum atomic E-state index is 10.7. The van der Waals surface area contributed by atoms with Gasteiger partial charge in [-0.2, -0.15) is 0 Å². The first-order chi connectivity index (χ1) is 7.20. The molecule has 1 heterocycles. The van der Waals surface area contributed by atoms with E-state index in [2.05, 4.69) is 10.3 Å². The molecular formula is C10H12N2O3. The second kappa shape index (κ2) is 3.76. The van der Waals surface area contributed by atoms with Crippen LogP contribution in [0.25, 0.3) is 0 Å². The summed E-state index contributed by atoms with van der Waals surface area (Å²) >= 11 is 0. The SMILES string of the molecule is CNc1ncc(C(=O)O)cc1OC1CC1. The number of nitrogens with zero attached hydrogens (tertiary/aromatic N) is 1. The molecule has 1 aromatic heterocycles. The molecule has 0 unspecified atom stereocenters. The van der Waals surface area contributed by atoms with Gasteiger partial charge in [-0.1, -0.05) is 0 Å². The fourth-order valence-corrected chi connectivity index (χ4v) is 1.20. The van der Waals surface area contributed by atoms with Crippen molar-refractivity contribution in [2.45, 2.75) is 18.9 Å². The number of hydrogen-bond acceptors (Lipinski definition) is 4. The summed E-state index contributed by atoms with van der Waals surface area (Å²) in [5, 5.41) is 11.7. The highest BCUT2D eigenvalue weighted by atomic mass is 16.5. The van der Waals surface area contributed by atoms with Crippen LogP contribution in [0.4, 0.5) is 5.82 Å². The lowest BCUT2D eigenvalue weighted by Gasteiger charge is -2.09. The molecule has 1 aliphatic rings. The fraction of sp³-hybridized carbons (Fsp3) is 0.400. The molecule has 5 heteroatoms. The molecule has 1 aromatic rings. The fourth-order valence-electron chi connectivity index (χ4n) is 1.20. The van der Waals surface area contributed by atoms with E-state index in [1.165, 1.54) is 12.3 Å². The monoisotopic (exact) mass is 208 g/mol. The molecule has 0 atom stereocenters. The highest BCUT2D eigenvalue weighted by molar-refractivity contribution is 5.88. The van der Waals surface area contributed by atoms with E-state index >= 15 is 0 Å². The lowest BCUT2D eigenvalue weighted by atomic mass is 10.2. The number of carboxylic acids is 1. The molecule has 1 saturated carbocycles. The van der Waals surface area contributed by atoms with Crippen LogP contribution in [0.3, 0.4) is 0 Å². The number of aromatic nitrogens is 1. The van der Waals surface area contributed by atoms with Gasteiger partial charge in [0.1, 0.15) is 0 Å². The number of ether oxygens (including phenoxy) is 1. The van der Waals surface area contributed by atoms with Gasteiger partial charge in [-0.25, -0.2) is 9.78 Å². The minimum absolute atomic E-state index is 0.143. The van der Waals surface area contributed by atoms with Crippen molar-refractivity contribution >= 4 is 11.8 Å². The van der Waals surface area contributed by atoms with Gasteiger partial charge < -0.3 is 15.2 Å². The van der Waals surface area contributed by atoms with Crippen LogP contribution in [0.1, 0.15) is 23.2 Å². The molecule has 0 aromatic carbocycles. The van der Waals surface area contributed by atoms with Crippen LogP contribution in [0.2, 0.25) is 0 Å². The predicted molar refractivity (Wildman–Crippen MR) is 54.4 cm³/mol. The second-order valence-corrected chi connectivity index (χ2v) is 3.44. The maximum Gasteiger partial charge on any atom is 0.337 e. The summed E-state index contributed by atoms with van der Waals surface area (Å²) in [6, 6.07) is 1.50. The molecule has 0 amide bonds. The van der Waals surface area contributed by atoms with Crippen LogP contribution in [0.5, 0.6) is 5.75 Å². The number of rotatable bonds is 4. The average molecular weight is 208 g/mol. The summed E-state index contributed by atoms with van der Waals surface area (Å²) in [6.45, 7) is 0. The number of hydrogen-bond donors (Lipinski definition) is 2. The van der Waals surface area contributed by atoms with E-state index in [1.807, 2.05) is 0 Å². The van der Waals surface area contributed by atoms with Crippen LogP contribution in [-0.2, 0) is 0 Å². The number of carbonyl (C=O) groups is 1. The molecule has 0 saturated heterocycles. The molecule has 2 rings (SSSR count). The zero-order valence-electron chi connectivity index (χ0n) is 8.36. The quantitative estimate of drug-likeness (QED) is 0.781. The molecule has 1 fully saturated rings. The number of carboxylic acid groups (broad SMARTS) is 1. The van der Waals surface area contributed by atoms with Crippen molar-refractivity contribution in [3.63, 3.8) is 0 Å². The Balaban J connectivity index is 2.28. The lowest BCUT2D eigenvalue weighted by Crippen LogP contribution is -2.05. The minimum atomic E-state index is -0.995. The van der Waals surface area contributed by atoms with Gasteiger partial charge in [0.05, 0.1) is 11.7 Å². The summed E-state index contributed by atoms with van der Waals surface area (Å²) in [5.41, 5.74) is 0.143. The Morgan fingerprint density at radius 3 is 2.93 bits per heavy atom. The van der Waals surface area contributed by atoms with E-state index in [0.717, 1.165) is 12.8 Å². The molecule has 0 bridgehead atoms. The van der Waals surface area contributed by atoms with E-state index in [-0.39, 0.29) is 11.7 Å². The van der Waals surface area contributed by atoms with Crippen molar-refractivity contribution in [2.75, 3.05) is 12.4 Å². The lowest BCUT2D eigenvalue weighted by molar-refractivity contribution is 0.0696. The molecule has 0 spiro atoms. The zero-order chi connectivity index (χ0) is 10.8. The molecule has 5 nitrogen and oxygen atoms in total. The third-order valence-corrected chi connectivity index (χ3v) is 2.15. The van der Waals surface area contributed by atoms with E-state index in [4.69, 9.17) is 9.84 Å². The van der Waals surface area contributed by atoms with Crippen molar-refractivity contribution in [3.05, 3.63) is 17.8 Å². The Morgan fingerprint density at radius 2 is 2.40 bits per heavy atom. The Bertz CT molecular complexity index is 388. The minimum Gasteiger partial charge on any atom is -0.487 e. The van der Waals surface area contributed by atoms with Crippen molar-refractivity contribution in [3.8, 4) is 5.75 Å². The third-order valence-electron chi connectivity index (χ3n) is 2.15. The summed E-state index contributed by atoms with van der Waals surface area (Å²) in [7, 11) is 1.72. The first-order valence-corrected chi connectivity index (χ1v) is 4.78. The number of nitrogens with one attached hydrogen (secondary N) is 1. The first kappa shape index (κ1) is 9.76. The zero-order valence-corrected chi connectivity index (χ0v) is 8.36. The molecule has 80 valence electrons.